The van der Waals surface area contributed by atoms with Crippen LogP contribution in [0.4, 0.5) is 4.39 Å². The summed E-state index contributed by atoms with van der Waals surface area (Å²) in [6.45, 7) is 5.93. The number of hydrazine groups is 1. The van der Waals surface area contributed by atoms with Gasteiger partial charge in [0.05, 0.1) is 5.56 Å². The Morgan fingerprint density at radius 1 is 1.12 bits per heavy atom. The van der Waals surface area contributed by atoms with Crippen molar-refractivity contribution < 1.29 is 18.7 Å². The van der Waals surface area contributed by atoms with E-state index >= 15 is 0 Å². The number of aryl methyl sites for hydroxylation is 1. The van der Waals surface area contributed by atoms with E-state index < -0.39 is 17.6 Å². The van der Waals surface area contributed by atoms with Crippen LogP contribution >= 0.6 is 0 Å². The van der Waals surface area contributed by atoms with E-state index in [1.54, 1.807) is 6.07 Å². The van der Waals surface area contributed by atoms with Gasteiger partial charge in [0.15, 0.2) is 6.61 Å². The van der Waals surface area contributed by atoms with Crippen LogP contribution in [0.25, 0.3) is 0 Å². The van der Waals surface area contributed by atoms with E-state index in [9.17, 15) is 14.0 Å². The van der Waals surface area contributed by atoms with Gasteiger partial charge in [-0.25, -0.2) is 4.39 Å². The summed E-state index contributed by atoms with van der Waals surface area (Å²) in [5.74, 6) is -0.964. The van der Waals surface area contributed by atoms with Crippen molar-refractivity contribution in [2.24, 2.45) is 0 Å². The van der Waals surface area contributed by atoms with Crippen molar-refractivity contribution in [3.05, 3.63) is 65.0 Å². The molecule has 25 heavy (non-hydrogen) atoms. The Kier molecular flexibility index (Phi) is 6.11. The quantitative estimate of drug-likeness (QED) is 0.819. The molecule has 6 heteroatoms. The van der Waals surface area contributed by atoms with Gasteiger partial charge in [0.2, 0.25) is 0 Å². The second-order valence-electron chi connectivity index (χ2n) is 5.94. The Morgan fingerprint density at radius 3 is 2.48 bits per heavy atom. The van der Waals surface area contributed by atoms with Crippen LogP contribution in [0.5, 0.6) is 5.75 Å². The van der Waals surface area contributed by atoms with Crippen LogP contribution in [0.3, 0.4) is 0 Å². The molecule has 2 rings (SSSR count). The van der Waals surface area contributed by atoms with Crippen molar-refractivity contribution in [3.63, 3.8) is 0 Å². The number of hydrogen-bond acceptors (Lipinski definition) is 3. The van der Waals surface area contributed by atoms with Gasteiger partial charge in [0.1, 0.15) is 11.6 Å². The fourth-order valence-corrected chi connectivity index (χ4v) is 2.41. The van der Waals surface area contributed by atoms with Gasteiger partial charge in [-0.15, -0.1) is 0 Å². The predicted molar refractivity (Wildman–Crippen MR) is 92.8 cm³/mol. The maximum Gasteiger partial charge on any atom is 0.276 e. The molecular formula is C19H21FN2O3. The Balaban J connectivity index is 1.84. The standard InChI is InChI=1S/C19H21FN2O3/c1-12(2)15-9-8-14(10-13(15)3)25-11-18(23)21-22-19(24)16-6-4-5-7-17(16)20/h4-10,12H,11H2,1-3H3,(H,21,23)(H,22,24). The summed E-state index contributed by atoms with van der Waals surface area (Å²) in [7, 11) is 0. The predicted octanol–water partition coefficient (Wildman–Crippen LogP) is 3.10. The molecule has 2 aromatic carbocycles. The third kappa shape index (κ3) is 5.04. The highest BCUT2D eigenvalue weighted by molar-refractivity contribution is 5.95. The largest absolute Gasteiger partial charge is 0.484 e. The minimum Gasteiger partial charge on any atom is -0.484 e. The molecule has 0 bridgehead atoms. The zero-order chi connectivity index (χ0) is 18.4. The number of rotatable bonds is 5. The molecule has 132 valence electrons. The average molecular weight is 344 g/mol. The molecule has 0 unspecified atom stereocenters. The molecular weight excluding hydrogens is 323 g/mol. The number of amides is 2. The monoisotopic (exact) mass is 344 g/mol. The molecule has 0 spiro atoms. The van der Waals surface area contributed by atoms with Crippen molar-refractivity contribution in [3.8, 4) is 5.75 Å². The molecule has 2 amide bonds. The first-order valence-electron chi connectivity index (χ1n) is 7.95. The van der Waals surface area contributed by atoms with Gasteiger partial charge in [-0.1, -0.05) is 32.0 Å². The Bertz CT molecular complexity index is 775. The fourth-order valence-electron chi connectivity index (χ4n) is 2.41. The van der Waals surface area contributed by atoms with E-state index in [1.165, 1.54) is 29.8 Å². The highest BCUT2D eigenvalue weighted by Crippen LogP contribution is 2.23. The molecule has 0 aliphatic rings. The summed E-state index contributed by atoms with van der Waals surface area (Å²) in [4.78, 5) is 23.5. The number of hydrogen-bond donors (Lipinski definition) is 2. The molecule has 0 saturated carbocycles. The Labute approximate surface area is 146 Å². The number of halogens is 1. The molecule has 5 nitrogen and oxygen atoms in total. The minimum atomic E-state index is -0.733. The second kappa shape index (κ2) is 8.28. The van der Waals surface area contributed by atoms with E-state index in [4.69, 9.17) is 4.74 Å². The molecule has 0 atom stereocenters. The fraction of sp³-hybridized carbons (Fsp3) is 0.263. The number of carbonyl (C=O) groups is 2. The number of nitrogens with one attached hydrogen (secondary N) is 2. The normalized spacial score (nSPS) is 10.4. The van der Waals surface area contributed by atoms with Crippen molar-refractivity contribution in [2.45, 2.75) is 26.7 Å². The average Bonchev–Trinajstić information content (AvgIpc) is 2.58. The minimum absolute atomic E-state index is 0.149. The number of benzene rings is 2. The maximum atomic E-state index is 13.5. The van der Waals surface area contributed by atoms with E-state index in [-0.39, 0.29) is 12.2 Å². The van der Waals surface area contributed by atoms with E-state index in [0.29, 0.717) is 11.7 Å². The van der Waals surface area contributed by atoms with Crippen molar-refractivity contribution in [1.82, 2.24) is 10.9 Å². The second-order valence-corrected chi connectivity index (χ2v) is 5.94. The summed E-state index contributed by atoms with van der Waals surface area (Å²) in [6, 6.07) is 11.1. The zero-order valence-electron chi connectivity index (χ0n) is 14.4. The van der Waals surface area contributed by atoms with Crippen LogP contribution < -0.4 is 15.6 Å². The SMILES string of the molecule is Cc1cc(OCC(=O)NNC(=O)c2ccccc2F)ccc1C(C)C. The number of carbonyl (C=O) groups excluding carboxylic acids is 2. The first-order valence-corrected chi connectivity index (χ1v) is 7.95. The summed E-state index contributed by atoms with van der Waals surface area (Å²) < 4.78 is 18.9. The van der Waals surface area contributed by atoms with Crippen molar-refractivity contribution in [2.75, 3.05) is 6.61 Å². The van der Waals surface area contributed by atoms with Crippen LogP contribution in [0.2, 0.25) is 0 Å². The molecule has 0 aliphatic heterocycles. The summed E-state index contributed by atoms with van der Waals surface area (Å²) >= 11 is 0. The first kappa shape index (κ1) is 18.4. The smallest absolute Gasteiger partial charge is 0.276 e. The molecule has 0 radical (unpaired) electrons. The van der Waals surface area contributed by atoms with Gasteiger partial charge in [0, 0.05) is 0 Å². The van der Waals surface area contributed by atoms with Crippen LogP contribution in [-0.2, 0) is 4.79 Å². The third-order valence-electron chi connectivity index (χ3n) is 3.67. The lowest BCUT2D eigenvalue weighted by Crippen LogP contribution is -2.44. The Morgan fingerprint density at radius 2 is 1.84 bits per heavy atom. The van der Waals surface area contributed by atoms with E-state index in [1.807, 2.05) is 19.1 Å². The first-order chi connectivity index (χ1) is 11.9. The van der Waals surface area contributed by atoms with Gasteiger partial charge in [0.25, 0.3) is 11.8 Å². The van der Waals surface area contributed by atoms with Gasteiger partial charge in [-0.05, 0) is 48.2 Å². The third-order valence-corrected chi connectivity index (χ3v) is 3.67. The van der Waals surface area contributed by atoms with Gasteiger partial charge >= 0.3 is 0 Å². The van der Waals surface area contributed by atoms with Crippen LogP contribution in [-0.4, -0.2) is 18.4 Å². The highest BCUT2D eigenvalue weighted by atomic mass is 19.1. The molecule has 0 saturated heterocycles. The molecule has 2 aromatic rings. The topological polar surface area (TPSA) is 67.4 Å². The molecule has 0 heterocycles. The van der Waals surface area contributed by atoms with Crippen LogP contribution in [0.15, 0.2) is 42.5 Å². The number of ether oxygens (including phenoxy) is 1. The summed E-state index contributed by atoms with van der Waals surface area (Å²) in [5, 5.41) is 0. The summed E-state index contributed by atoms with van der Waals surface area (Å²) in [6.07, 6.45) is 0. The van der Waals surface area contributed by atoms with E-state index in [0.717, 1.165) is 5.56 Å². The van der Waals surface area contributed by atoms with Gasteiger partial charge in [-0.2, -0.15) is 0 Å². The Hall–Kier alpha value is -2.89. The van der Waals surface area contributed by atoms with Gasteiger partial charge in [-0.3, -0.25) is 20.4 Å². The molecule has 0 aliphatic carbocycles. The zero-order valence-corrected chi connectivity index (χ0v) is 14.4. The lowest BCUT2D eigenvalue weighted by Gasteiger charge is -2.13. The molecule has 2 N–H and O–H groups in total. The van der Waals surface area contributed by atoms with Crippen LogP contribution in [0, 0.1) is 12.7 Å². The van der Waals surface area contributed by atoms with Crippen LogP contribution in [0.1, 0.15) is 41.3 Å². The lowest BCUT2D eigenvalue weighted by atomic mass is 9.98. The summed E-state index contributed by atoms with van der Waals surface area (Å²) in [5.41, 5.74) is 6.50. The maximum absolute atomic E-state index is 13.5. The molecule has 0 fully saturated rings. The van der Waals surface area contributed by atoms with Crippen molar-refractivity contribution >= 4 is 11.8 Å². The highest BCUT2D eigenvalue weighted by Gasteiger charge is 2.12. The lowest BCUT2D eigenvalue weighted by molar-refractivity contribution is -0.123. The molecule has 0 aromatic heterocycles. The van der Waals surface area contributed by atoms with E-state index in [2.05, 4.69) is 24.7 Å². The van der Waals surface area contributed by atoms with Crippen molar-refractivity contribution in [1.29, 1.82) is 0 Å². The van der Waals surface area contributed by atoms with Gasteiger partial charge < -0.3 is 4.74 Å².